The molecule has 0 radical (unpaired) electrons. The molecule has 4 N–H and O–H groups in total. The third kappa shape index (κ3) is 6.18. The van der Waals surface area contributed by atoms with Gasteiger partial charge in [-0.2, -0.15) is 0 Å². The Bertz CT molecular complexity index is 962. The maximum Gasteiger partial charge on any atom is 0.0968 e. The molecule has 188 valence electrons. The Morgan fingerprint density at radius 1 is 0.514 bits per heavy atom. The number of anilines is 3. The summed E-state index contributed by atoms with van der Waals surface area (Å²) in [5.74, 6) is 0. The Labute approximate surface area is 212 Å². The van der Waals surface area contributed by atoms with Gasteiger partial charge in [-0.3, -0.25) is 5.32 Å². The molecular formula is C31H44N4. The van der Waals surface area contributed by atoms with Crippen LogP contribution < -0.4 is 21.3 Å². The summed E-state index contributed by atoms with van der Waals surface area (Å²) in [6.07, 6.45) is 4.27. The van der Waals surface area contributed by atoms with Gasteiger partial charge in [0.05, 0.1) is 22.6 Å². The van der Waals surface area contributed by atoms with Crippen LogP contribution in [0.5, 0.6) is 0 Å². The summed E-state index contributed by atoms with van der Waals surface area (Å²) in [7, 11) is 0. The molecule has 0 bridgehead atoms. The minimum Gasteiger partial charge on any atom is -0.383 e. The number of benzene rings is 3. The summed E-state index contributed by atoms with van der Waals surface area (Å²) < 4.78 is 0. The zero-order valence-electron chi connectivity index (χ0n) is 22.1. The molecule has 35 heavy (non-hydrogen) atoms. The van der Waals surface area contributed by atoms with Crippen molar-refractivity contribution in [2.24, 2.45) is 0 Å². The van der Waals surface area contributed by atoms with Crippen LogP contribution in [-0.4, -0.2) is 26.2 Å². The fraction of sp³-hybridized carbons (Fsp3) is 0.419. The Hall–Kier alpha value is -2.98. The zero-order chi connectivity index (χ0) is 24.9. The highest BCUT2D eigenvalue weighted by Gasteiger charge is 2.38. The SMILES string of the molecule is CCCNc1ccc(C(NCCC)(c2ccccc2)c2ccccc2)c(NCCC)c1NCCC. The van der Waals surface area contributed by atoms with Crippen molar-refractivity contribution in [3.8, 4) is 0 Å². The lowest BCUT2D eigenvalue weighted by atomic mass is 9.75. The molecule has 0 saturated heterocycles. The van der Waals surface area contributed by atoms with Crippen LogP contribution in [0.25, 0.3) is 0 Å². The van der Waals surface area contributed by atoms with E-state index in [9.17, 15) is 0 Å². The molecule has 3 aromatic rings. The van der Waals surface area contributed by atoms with Crippen LogP contribution in [0, 0.1) is 0 Å². The Kier molecular flexibility index (Phi) is 10.5. The first-order chi connectivity index (χ1) is 17.2. The van der Waals surface area contributed by atoms with Gasteiger partial charge in [0.2, 0.25) is 0 Å². The molecule has 0 aromatic heterocycles. The van der Waals surface area contributed by atoms with Gasteiger partial charge < -0.3 is 16.0 Å². The summed E-state index contributed by atoms with van der Waals surface area (Å²) in [6, 6.07) is 26.4. The first-order valence-corrected chi connectivity index (χ1v) is 13.5. The van der Waals surface area contributed by atoms with Crippen molar-refractivity contribution in [1.29, 1.82) is 0 Å². The lowest BCUT2D eigenvalue weighted by Gasteiger charge is -2.39. The van der Waals surface area contributed by atoms with Crippen LogP contribution in [0.15, 0.2) is 72.8 Å². The second-order valence-corrected chi connectivity index (χ2v) is 9.10. The fourth-order valence-electron chi connectivity index (χ4n) is 4.66. The quantitative estimate of drug-likeness (QED) is 0.174. The molecule has 0 atom stereocenters. The van der Waals surface area contributed by atoms with Crippen molar-refractivity contribution in [3.05, 3.63) is 89.5 Å². The highest BCUT2D eigenvalue weighted by molar-refractivity contribution is 5.87. The van der Waals surface area contributed by atoms with E-state index in [1.165, 1.54) is 28.1 Å². The predicted octanol–water partition coefficient (Wildman–Crippen LogP) is 7.44. The predicted molar refractivity (Wildman–Crippen MR) is 154 cm³/mol. The first-order valence-electron chi connectivity index (χ1n) is 13.5. The molecule has 0 amide bonds. The smallest absolute Gasteiger partial charge is 0.0968 e. The molecule has 0 heterocycles. The second kappa shape index (κ2) is 13.8. The molecular weight excluding hydrogens is 428 g/mol. The van der Waals surface area contributed by atoms with Crippen molar-refractivity contribution in [1.82, 2.24) is 5.32 Å². The van der Waals surface area contributed by atoms with E-state index in [1.807, 2.05) is 0 Å². The molecule has 3 aromatic carbocycles. The van der Waals surface area contributed by atoms with E-state index in [-0.39, 0.29) is 0 Å². The zero-order valence-corrected chi connectivity index (χ0v) is 22.1. The Balaban J connectivity index is 2.36. The van der Waals surface area contributed by atoms with Crippen molar-refractivity contribution in [3.63, 3.8) is 0 Å². The maximum absolute atomic E-state index is 4.01. The summed E-state index contributed by atoms with van der Waals surface area (Å²) in [5.41, 5.74) is 6.76. The lowest BCUT2D eigenvalue weighted by molar-refractivity contribution is 0.473. The van der Waals surface area contributed by atoms with E-state index in [0.717, 1.165) is 57.5 Å². The van der Waals surface area contributed by atoms with Gasteiger partial charge in [0.25, 0.3) is 0 Å². The summed E-state index contributed by atoms with van der Waals surface area (Å²) >= 11 is 0. The molecule has 4 heteroatoms. The Morgan fingerprint density at radius 2 is 1.00 bits per heavy atom. The third-order valence-corrected chi connectivity index (χ3v) is 6.33. The average Bonchev–Trinajstić information content (AvgIpc) is 2.91. The van der Waals surface area contributed by atoms with Gasteiger partial charge in [0, 0.05) is 25.2 Å². The van der Waals surface area contributed by atoms with E-state index < -0.39 is 5.54 Å². The normalized spacial score (nSPS) is 11.3. The summed E-state index contributed by atoms with van der Waals surface area (Å²) in [5, 5.41) is 15.3. The highest BCUT2D eigenvalue weighted by Crippen LogP contribution is 2.45. The van der Waals surface area contributed by atoms with Crippen molar-refractivity contribution < 1.29 is 0 Å². The lowest BCUT2D eigenvalue weighted by Crippen LogP contribution is -2.45. The summed E-state index contributed by atoms with van der Waals surface area (Å²) in [4.78, 5) is 0. The van der Waals surface area contributed by atoms with E-state index in [4.69, 9.17) is 0 Å². The molecule has 4 nitrogen and oxygen atoms in total. The number of rotatable bonds is 15. The number of hydrogen-bond acceptors (Lipinski definition) is 4. The highest BCUT2D eigenvalue weighted by atomic mass is 15.0. The minimum absolute atomic E-state index is 0.486. The van der Waals surface area contributed by atoms with E-state index in [2.05, 4.69) is 122 Å². The first kappa shape index (κ1) is 26.6. The van der Waals surface area contributed by atoms with Crippen LogP contribution in [0.2, 0.25) is 0 Å². The fourth-order valence-corrected chi connectivity index (χ4v) is 4.66. The van der Waals surface area contributed by atoms with E-state index in [1.54, 1.807) is 0 Å². The van der Waals surface area contributed by atoms with Crippen LogP contribution in [0.1, 0.15) is 70.1 Å². The van der Waals surface area contributed by atoms with Crippen molar-refractivity contribution in [2.45, 2.75) is 58.9 Å². The molecule has 0 saturated carbocycles. The van der Waals surface area contributed by atoms with Gasteiger partial charge in [0.15, 0.2) is 0 Å². The molecule has 0 aliphatic carbocycles. The van der Waals surface area contributed by atoms with Gasteiger partial charge in [-0.1, -0.05) is 94.4 Å². The second-order valence-electron chi connectivity index (χ2n) is 9.10. The molecule has 3 rings (SSSR count). The van der Waals surface area contributed by atoms with Crippen LogP contribution in [-0.2, 0) is 5.54 Å². The van der Waals surface area contributed by atoms with Crippen molar-refractivity contribution in [2.75, 3.05) is 42.1 Å². The van der Waals surface area contributed by atoms with Crippen LogP contribution in [0.4, 0.5) is 17.1 Å². The average molecular weight is 473 g/mol. The van der Waals surface area contributed by atoms with Gasteiger partial charge in [-0.25, -0.2) is 0 Å². The maximum atomic E-state index is 4.01. The van der Waals surface area contributed by atoms with Crippen molar-refractivity contribution >= 4 is 17.1 Å². The van der Waals surface area contributed by atoms with E-state index >= 15 is 0 Å². The van der Waals surface area contributed by atoms with Gasteiger partial charge in [-0.15, -0.1) is 0 Å². The standard InChI is InChI=1S/C31H44N4/c1-5-21-32-28-20-19-27(29(33-22-6-2)30(28)34-23-7-3)31(35-24-8-4,25-15-11-9-12-16-25)26-17-13-10-14-18-26/h9-20,32-35H,5-8,21-24H2,1-4H3. The van der Waals surface area contributed by atoms with Gasteiger partial charge in [0.1, 0.15) is 0 Å². The number of nitrogens with one attached hydrogen (secondary N) is 4. The molecule has 0 aliphatic heterocycles. The molecule has 0 unspecified atom stereocenters. The third-order valence-electron chi connectivity index (χ3n) is 6.33. The molecule has 0 fully saturated rings. The van der Waals surface area contributed by atoms with Gasteiger partial charge >= 0.3 is 0 Å². The van der Waals surface area contributed by atoms with Crippen LogP contribution >= 0.6 is 0 Å². The Morgan fingerprint density at radius 3 is 1.51 bits per heavy atom. The van der Waals surface area contributed by atoms with Gasteiger partial charge in [-0.05, 0) is 49.4 Å². The number of hydrogen-bond donors (Lipinski definition) is 4. The molecule has 0 aliphatic rings. The van der Waals surface area contributed by atoms with E-state index in [0.29, 0.717) is 0 Å². The topological polar surface area (TPSA) is 48.1 Å². The monoisotopic (exact) mass is 472 g/mol. The summed E-state index contributed by atoms with van der Waals surface area (Å²) in [6.45, 7) is 12.6. The van der Waals surface area contributed by atoms with Crippen LogP contribution in [0.3, 0.4) is 0 Å². The largest absolute Gasteiger partial charge is 0.383 e. The minimum atomic E-state index is -0.486. The molecule has 0 spiro atoms.